The molecule has 1 N–H and O–H groups in total. The zero-order valence-corrected chi connectivity index (χ0v) is 12.4. The number of ether oxygens (including phenoxy) is 1. The van der Waals surface area contributed by atoms with Crippen LogP contribution in [0.15, 0.2) is 23.1 Å². The molecule has 0 aromatic heterocycles. The standard InChI is InChI=1S/C13H21NO4S/c1-4-14(8-9-15)19(16,17)12-6-7-13(18-5-2)11(3)10-12/h6-7,10,15H,4-5,8-9H2,1-3H3. The van der Waals surface area contributed by atoms with Crippen LogP contribution in [0.5, 0.6) is 5.75 Å². The molecular weight excluding hydrogens is 266 g/mol. The summed E-state index contributed by atoms with van der Waals surface area (Å²) < 4.78 is 31.3. The largest absolute Gasteiger partial charge is 0.494 e. The molecule has 0 radical (unpaired) electrons. The minimum Gasteiger partial charge on any atom is -0.494 e. The zero-order chi connectivity index (χ0) is 14.5. The minimum atomic E-state index is -3.55. The summed E-state index contributed by atoms with van der Waals surface area (Å²) in [7, 11) is -3.55. The highest BCUT2D eigenvalue weighted by Crippen LogP contribution is 2.23. The van der Waals surface area contributed by atoms with E-state index in [4.69, 9.17) is 9.84 Å². The highest BCUT2D eigenvalue weighted by Gasteiger charge is 2.23. The van der Waals surface area contributed by atoms with Crippen LogP contribution in [-0.4, -0.2) is 44.1 Å². The molecule has 1 aromatic rings. The van der Waals surface area contributed by atoms with Gasteiger partial charge in [0, 0.05) is 13.1 Å². The molecule has 0 amide bonds. The van der Waals surface area contributed by atoms with Gasteiger partial charge in [-0.3, -0.25) is 0 Å². The first kappa shape index (κ1) is 15.9. The van der Waals surface area contributed by atoms with Gasteiger partial charge >= 0.3 is 0 Å². The van der Waals surface area contributed by atoms with Crippen molar-refractivity contribution >= 4 is 10.0 Å². The summed E-state index contributed by atoms with van der Waals surface area (Å²) in [5.74, 6) is 0.687. The van der Waals surface area contributed by atoms with Crippen molar-refractivity contribution in [2.24, 2.45) is 0 Å². The van der Waals surface area contributed by atoms with Crippen molar-refractivity contribution in [3.8, 4) is 5.75 Å². The number of aliphatic hydroxyl groups is 1. The summed E-state index contributed by atoms with van der Waals surface area (Å²) in [5, 5.41) is 8.92. The summed E-state index contributed by atoms with van der Waals surface area (Å²) in [6.45, 7) is 6.22. The van der Waals surface area contributed by atoms with E-state index in [-0.39, 0.29) is 18.0 Å². The van der Waals surface area contributed by atoms with E-state index in [0.717, 1.165) is 5.56 Å². The number of rotatable bonds is 7. The maximum atomic E-state index is 12.3. The fraction of sp³-hybridized carbons (Fsp3) is 0.538. The molecule has 1 aromatic carbocycles. The van der Waals surface area contributed by atoms with Crippen molar-refractivity contribution < 1.29 is 18.3 Å². The fourth-order valence-electron chi connectivity index (χ4n) is 1.81. The van der Waals surface area contributed by atoms with Gasteiger partial charge in [-0.2, -0.15) is 4.31 Å². The Morgan fingerprint density at radius 3 is 2.47 bits per heavy atom. The zero-order valence-electron chi connectivity index (χ0n) is 11.6. The normalized spacial score (nSPS) is 11.8. The summed E-state index contributed by atoms with van der Waals surface area (Å²) in [5.41, 5.74) is 0.781. The topological polar surface area (TPSA) is 66.8 Å². The van der Waals surface area contributed by atoms with E-state index >= 15 is 0 Å². The number of benzene rings is 1. The number of hydrogen-bond donors (Lipinski definition) is 1. The van der Waals surface area contributed by atoms with E-state index in [1.54, 1.807) is 19.1 Å². The molecule has 0 saturated heterocycles. The number of nitrogens with zero attached hydrogens (tertiary/aromatic N) is 1. The molecule has 0 atom stereocenters. The monoisotopic (exact) mass is 287 g/mol. The predicted molar refractivity (Wildman–Crippen MR) is 73.9 cm³/mol. The summed E-state index contributed by atoms with van der Waals surface area (Å²) >= 11 is 0. The van der Waals surface area contributed by atoms with Gasteiger partial charge < -0.3 is 9.84 Å². The molecular formula is C13H21NO4S. The smallest absolute Gasteiger partial charge is 0.243 e. The third kappa shape index (κ3) is 3.68. The first-order valence-corrected chi connectivity index (χ1v) is 7.75. The summed E-state index contributed by atoms with van der Waals surface area (Å²) in [6, 6.07) is 4.80. The minimum absolute atomic E-state index is 0.102. The van der Waals surface area contributed by atoms with E-state index in [9.17, 15) is 8.42 Å². The quantitative estimate of drug-likeness (QED) is 0.823. The van der Waals surface area contributed by atoms with Gasteiger partial charge in [-0.05, 0) is 37.6 Å². The molecule has 0 spiro atoms. The average molecular weight is 287 g/mol. The summed E-state index contributed by atoms with van der Waals surface area (Å²) in [6.07, 6.45) is 0. The lowest BCUT2D eigenvalue weighted by Gasteiger charge is -2.20. The molecule has 19 heavy (non-hydrogen) atoms. The van der Waals surface area contributed by atoms with E-state index in [0.29, 0.717) is 18.9 Å². The molecule has 108 valence electrons. The second-order valence-corrected chi connectivity index (χ2v) is 6.02. The van der Waals surface area contributed by atoms with Crippen molar-refractivity contribution in [3.63, 3.8) is 0 Å². The molecule has 6 heteroatoms. The van der Waals surface area contributed by atoms with E-state index < -0.39 is 10.0 Å². The first-order valence-electron chi connectivity index (χ1n) is 6.31. The van der Waals surface area contributed by atoms with Gasteiger partial charge in [-0.15, -0.1) is 0 Å². The maximum absolute atomic E-state index is 12.3. The second kappa shape index (κ2) is 6.88. The molecule has 0 aliphatic heterocycles. The van der Waals surface area contributed by atoms with Gasteiger partial charge in [0.15, 0.2) is 0 Å². The van der Waals surface area contributed by atoms with Crippen molar-refractivity contribution in [1.82, 2.24) is 4.31 Å². The second-order valence-electron chi connectivity index (χ2n) is 4.08. The molecule has 0 aliphatic carbocycles. The van der Waals surface area contributed by atoms with Gasteiger partial charge in [0.2, 0.25) is 10.0 Å². The number of aliphatic hydroxyl groups excluding tert-OH is 1. The Labute approximate surface area is 114 Å². The third-order valence-corrected chi connectivity index (χ3v) is 4.76. The van der Waals surface area contributed by atoms with Gasteiger partial charge in [-0.1, -0.05) is 6.92 Å². The van der Waals surface area contributed by atoms with E-state index in [1.807, 2.05) is 13.8 Å². The molecule has 0 unspecified atom stereocenters. The maximum Gasteiger partial charge on any atom is 0.243 e. The van der Waals surface area contributed by atoms with E-state index in [2.05, 4.69) is 0 Å². The molecule has 0 aliphatic rings. The van der Waals surface area contributed by atoms with Crippen molar-refractivity contribution in [2.75, 3.05) is 26.3 Å². The van der Waals surface area contributed by atoms with Gasteiger partial charge in [0.1, 0.15) is 5.75 Å². The molecule has 0 bridgehead atoms. The van der Waals surface area contributed by atoms with E-state index in [1.165, 1.54) is 10.4 Å². The Kier molecular flexibility index (Phi) is 5.78. The van der Waals surface area contributed by atoms with Crippen LogP contribution in [0.1, 0.15) is 19.4 Å². The molecule has 0 saturated carbocycles. The van der Waals surface area contributed by atoms with Crippen LogP contribution >= 0.6 is 0 Å². The van der Waals surface area contributed by atoms with Crippen molar-refractivity contribution in [3.05, 3.63) is 23.8 Å². The Balaban J connectivity index is 3.11. The van der Waals surface area contributed by atoms with Gasteiger partial charge in [0.05, 0.1) is 18.1 Å². The summed E-state index contributed by atoms with van der Waals surface area (Å²) in [4.78, 5) is 0.226. The predicted octanol–water partition coefficient (Wildman–Crippen LogP) is 1.40. The van der Waals surface area contributed by atoms with Crippen LogP contribution in [0, 0.1) is 6.92 Å². The lowest BCUT2D eigenvalue weighted by molar-refractivity contribution is 0.257. The lowest BCUT2D eigenvalue weighted by atomic mass is 10.2. The number of likely N-dealkylation sites (N-methyl/N-ethyl adjacent to an activating group) is 1. The van der Waals surface area contributed by atoms with Crippen LogP contribution < -0.4 is 4.74 Å². The van der Waals surface area contributed by atoms with Crippen LogP contribution in [0.4, 0.5) is 0 Å². The van der Waals surface area contributed by atoms with Gasteiger partial charge in [0.25, 0.3) is 0 Å². The Morgan fingerprint density at radius 1 is 1.32 bits per heavy atom. The van der Waals surface area contributed by atoms with Crippen LogP contribution in [0.2, 0.25) is 0 Å². The molecule has 1 rings (SSSR count). The lowest BCUT2D eigenvalue weighted by Crippen LogP contribution is -2.33. The van der Waals surface area contributed by atoms with Gasteiger partial charge in [-0.25, -0.2) is 8.42 Å². The number of sulfonamides is 1. The third-order valence-electron chi connectivity index (χ3n) is 2.79. The Morgan fingerprint density at radius 2 is 2.00 bits per heavy atom. The average Bonchev–Trinajstić information content (AvgIpc) is 2.38. The van der Waals surface area contributed by atoms with Crippen molar-refractivity contribution in [1.29, 1.82) is 0 Å². The Bertz CT molecular complexity index is 513. The highest BCUT2D eigenvalue weighted by molar-refractivity contribution is 7.89. The Hall–Kier alpha value is -1.11. The molecule has 0 heterocycles. The SMILES string of the molecule is CCOc1ccc(S(=O)(=O)N(CC)CCO)cc1C. The van der Waals surface area contributed by atoms with Crippen LogP contribution in [-0.2, 0) is 10.0 Å². The van der Waals surface area contributed by atoms with Crippen LogP contribution in [0.3, 0.4) is 0 Å². The first-order chi connectivity index (χ1) is 8.97. The van der Waals surface area contributed by atoms with Crippen LogP contribution in [0.25, 0.3) is 0 Å². The fourth-order valence-corrected chi connectivity index (χ4v) is 3.33. The highest BCUT2D eigenvalue weighted by atomic mass is 32.2. The number of hydrogen-bond acceptors (Lipinski definition) is 4. The van der Waals surface area contributed by atoms with Crippen molar-refractivity contribution in [2.45, 2.75) is 25.7 Å². The number of aryl methyl sites for hydroxylation is 1. The molecule has 5 nitrogen and oxygen atoms in total. The molecule has 0 fully saturated rings.